The van der Waals surface area contributed by atoms with Crippen molar-refractivity contribution in [2.24, 2.45) is 7.05 Å². The Morgan fingerprint density at radius 1 is 1.00 bits per heavy atom. The van der Waals surface area contributed by atoms with Crippen LogP contribution in [0.3, 0.4) is 0 Å². The number of aryl methyl sites for hydroxylation is 2. The monoisotopic (exact) mass is 265 g/mol. The van der Waals surface area contributed by atoms with Gasteiger partial charge >= 0.3 is 0 Å². The Morgan fingerprint density at radius 3 is 2.20 bits per heavy atom. The Hall–Kier alpha value is -2.02. The quantitative estimate of drug-likeness (QED) is 0.532. The zero-order valence-corrected chi connectivity index (χ0v) is 13.1. The second-order valence-corrected chi connectivity index (χ2v) is 4.79. The largest absolute Gasteiger partial charge is 0.344 e. The Morgan fingerprint density at radius 2 is 1.60 bits per heavy atom. The lowest BCUT2D eigenvalue weighted by atomic mass is 10.1. The van der Waals surface area contributed by atoms with E-state index in [1.54, 1.807) is 0 Å². The summed E-state index contributed by atoms with van der Waals surface area (Å²) >= 11 is 0. The van der Waals surface area contributed by atoms with Gasteiger partial charge in [0.25, 0.3) is 0 Å². The van der Waals surface area contributed by atoms with Crippen LogP contribution >= 0.6 is 0 Å². The van der Waals surface area contributed by atoms with Crippen molar-refractivity contribution >= 4 is 27.8 Å². The SMILES string of the molecule is C/C=C\c1c(C)c2cc3ccccc3cc2n1C.CC. The summed E-state index contributed by atoms with van der Waals surface area (Å²) in [5.74, 6) is 0. The highest BCUT2D eigenvalue weighted by atomic mass is 14.9. The summed E-state index contributed by atoms with van der Waals surface area (Å²) in [6.45, 7) is 8.26. The summed E-state index contributed by atoms with van der Waals surface area (Å²) in [4.78, 5) is 0. The van der Waals surface area contributed by atoms with E-state index in [0.29, 0.717) is 0 Å². The van der Waals surface area contributed by atoms with Crippen LogP contribution in [-0.4, -0.2) is 4.57 Å². The van der Waals surface area contributed by atoms with Crippen molar-refractivity contribution in [2.45, 2.75) is 27.7 Å². The molecule has 2 aromatic carbocycles. The van der Waals surface area contributed by atoms with Crippen molar-refractivity contribution in [3.05, 3.63) is 53.7 Å². The molecule has 1 heteroatoms. The molecule has 20 heavy (non-hydrogen) atoms. The molecule has 0 saturated heterocycles. The van der Waals surface area contributed by atoms with E-state index in [1.165, 1.54) is 32.9 Å². The highest BCUT2D eigenvalue weighted by Crippen LogP contribution is 2.29. The fraction of sp³-hybridized carbons (Fsp3) is 0.263. The zero-order valence-electron chi connectivity index (χ0n) is 13.1. The molecule has 104 valence electrons. The fourth-order valence-corrected chi connectivity index (χ4v) is 2.72. The normalized spacial score (nSPS) is 11.1. The third-order valence-corrected chi connectivity index (χ3v) is 3.70. The third-order valence-electron chi connectivity index (χ3n) is 3.70. The molecule has 0 amide bonds. The predicted molar refractivity (Wildman–Crippen MR) is 91.2 cm³/mol. The summed E-state index contributed by atoms with van der Waals surface area (Å²) in [5.41, 5.74) is 3.96. The predicted octanol–water partition coefficient (Wildman–Crippen LogP) is 5.70. The van der Waals surface area contributed by atoms with Crippen molar-refractivity contribution in [1.82, 2.24) is 4.57 Å². The molecule has 0 unspecified atom stereocenters. The van der Waals surface area contributed by atoms with Gasteiger partial charge in [-0.3, -0.25) is 0 Å². The van der Waals surface area contributed by atoms with Gasteiger partial charge in [0.1, 0.15) is 0 Å². The fourth-order valence-electron chi connectivity index (χ4n) is 2.72. The van der Waals surface area contributed by atoms with Crippen molar-refractivity contribution in [3.8, 4) is 0 Å². The van der Waals surface area contributed by atoms with Crippen molar-refractivity contribution in [1.29, 1.82) is 0 Å². The van der Waals surface area contributed by atoms with Gasteiger partial charge in [-0.1, -0.05) is 44.2 Å². The van der Waals surface area contributed by atoms with Crippen LogP contribution in [0.15, 0.2) is 42.5 Å². The van der Waals surface area contributed by atoms with Gasteiger partial charge in [0.05, 0.1) is 0 Å². The lowest BCUT2D eigenvalue weighted by Crippen LogP contribution is -1.90. The van der Waals surface area contributed by atoms with Gasteiger partial charge in [-0.2, -0.15) is 0 Å². The topological polar surface area (TPSA) is 4.93 Å². The van der Waals surface area contributed by atoms with Crippen molar-refractivity contribution < 1.29 is 0 Å². The third kappa shape index (κ3) is 2.24. The zero-order chi connectivity index (χ0) is 14.7. The summed E-state index contributed by atoms with van der Waals surface area (Å²) in [5, 5.41) is 3.97. The van der Waals surface area contributed by atoms with Crippen molar-refractivity contribution in [2.75, 3.05) is 0 Å². The lowest BCUT2D eigenvalue weighted by Gasteiger charge is -2.01. The van der Waals surface area contributed by atoms with E-state index in [2.05, 4.69) is 74.0 Å². The van der Waals surface area contributed by atoms with Crippen LogP contribution in [0.4, 0.5) is 0 Å². The molecule has 0 aliphatic heterocycles. The molecule has 0 fully saturated rings. The van der Waals surface area contributed by atoms with E-state index in [4.69, 9.17) is 0 Å². The maximum atomic E-state index is 2.30. The first-order valence-corrected chi connectivity index (χ1v) is 7.33. The number of aromatic nitrogens is 1. The smallest absolute Gasteiger partial charge is 0.0491 e. The molecule has 3 aromatic rings. The molecular weight excluding hydrogens is 242 g/mol. The number of allylic oxidation sites excluding steroid dienone is 1. The average Bonchev–Trinajstić information content (AvgIpc) is 2.72. The molecule has 0 atom stereocenters. The van der Waals surface area contributed by atoms with E-state index in [0.717, 1.165) is 0 Å². The van der Waals surface area contributed by atoms with Gasteiger partial charge in [-0.25, -0.2) is 0 Å². The van der Waals surface area contributed by atoms with Gasteiger partial charge in [-0.15, -0.1) is 0 Å². The van der Waals surface area contributed by atoms with E-state index in [9.17, 15) is 0 Å². The molecule has 0 radical (unpaired) electrons. The number of fused-ring (bicyclic) bond motifs is 2. The van der Waals surface area contributed by atoms with Crippen molar-refractivity contribution in [3.63, 3.8) is 0 Å². The standard InChI is InChI=1S/C17H17N.C2H6/c1-4-7-16-12(2)15-10-13-8-5-6-9-14(13)11-17(15)18(16)3;1-2/h4-11H,1-3H3;1-2H3/b7-4-;. The molecule has 1 aromatic heterocycles. The van der Waals surface area contributed by atoms with Crippen LogP contribution in [0.1, 0.15) is 32.0 Å². The van der Waals surface area contributed by atoms with Gasteiger partial charge in [0, 0.05) is 23.6 Å². The number of rotatable bonds is 1. The molecule has 0 aliphatic rings. The molecule has 0 aliphatic carbocycles. The summed E-state index contributed by atoms with van der Waals surface area (Å²) in [6.07, 6.45) is 4.28. The first-order chi connectivity index (χ1) is 9.72. The second-order valence-electron chi connectivity index (χ2n) is 4.79. The Bertz CT molecular complexity index is 702. The minimum absolute atomic E-state index is 1.29. The highest BCUT2D eigenvalue weighted by molar-refractivity contribution is 6.00. The molecule has 0 bridgehead atoms. The lowest BCUT2D eigenvalue weighted by molar-refractivity contribution is 0.949. The first-order valence-electron chi connectivity index (χ1n) is 7.33. The first kappa shape index (κ1) is 14.4. The van der Waals surface area contributed by atoms with Crippen LogP contribution < -0.4 is 0 Å². The van der Waals surface area contributed by atoms with E-state index in [-0.39, 0.29) is 0 Å². The van der Waals surface area contributed by atoms with Gasteiger partial charge < -0.3 is 4.57 Å². The number of nitrogens with zero attached hydrogens (tertiary/aromatic N) is 1. The summed E-state index contributed by atoms with van der Waals surface area (Å²) < 4.78 is 2.27. The number of hydrogen-bond acceptors (Lipinski definition) is 0. The van der Waals surface area contributed by atoms with Gasteiger partial charge in [0.2, 0.25) is 0 Å². The van der Waals surface area contributed by atoms with Crippen LogP contribution in [0.5, 0.6) is 0 Å². The number of hydrogen-bond donors (Lipinski definition) is 0. The molecule has 3 rings (SSSR count). The molecule has 0 N–H and O–H groups in total. The van der Waals surface area contributed by atoms with Crippen LogP contribution in [0.2, 0.25) is 0 Å². The Kier molecular flexibility index (Phi) is 4.29. The second kappa shape index (κ2) is 5.96. The molecular formula is C19H23N. The minimum atomic E-state index is 1.29. The highest BCUT2D eigenvalue weighted by Gasteiger charge is 2.10. The Balaban J connectivity index is 0.000000704. The minimum Gasteiger partial charge on any atom is -0.344 e. The van der Waals surface area contributed by atoms with Gasteiger partial charge in [0.15, 0.2) is 0 Å². The summed E-state index contributed by atoms with van der Waals surface area (Å²) in [7, 11) is 2.14. The maximum Gasteiger partial charge on any atom is 0.0491 e. The molecule has 0 spiro atoms. The van der Waals surface area contributed by atoms with E-state index < -0.39 is 0 Å². The van der Waals surface area contributed by atoms with Gasteiger partial charge in [-0.05, 0) is 48.4 Å². The molecule has 1 heterocycles. The van der Waals surface area contributed by atoms with Crippen LogP contribution in [0.25, 0.3) is 27.8 Å². The van der Waals surface area contributed by atoms with Crippen LogP contribution in [0, 0.1) is 6.92 Å². The average molecular weight is 265 g/mol. The van der Waals surface area contributed by atoms with E-state index in [1.807, 2.05) is 13.8 Å². The molecule has 0 saturated carbocycles. The molecule has 1 nitrogen and oxygen atoms in total. The summed E-state index contributed by atoms with van der Waals surface area (Å²) in [6, 6.07) is 13.1. The van der Waals surface area contributed by atoms with Crippen LogP contribution in [-0.2, 0) is 7.05 Å². The number of benzene rings is 2. The maximum absolute atomic E-state index is 2.30. The Labute approximate surface area is 121 Å². The van der Waals surface area contributed by atoms with E-state index >= 15 is 0 Å².